The molecule has 1 aromatic rings. The van der Waals surface area contributed by atoms with Gasteiger partial charge in [-0.15, -0.1) is 0 Å². The van der Waals surface area contributed by atoms with E-state index in [1.54, 1.807) is 0 Å². The summed E-state index contributed by atoms with van der Waals surface area (Å²) in [5.74, 6) is -0.248. The van der Waals surface area contributed by atoms with Crippen LogP contribution in [-0.2, 0) is 4.79 Å². The SMILES string of the molecule is NC(=O)C1CCCCN1c1cccc(N)c1. The number of rotatable bonds is 2. The number of anilines is 2. The van der Waals surface area contributed by atoms with E-state index >= 15 is 0 Å². The van der Waals surface area contributed by atoms with E-state index in [4.69, 9.17) is 11.5 Å². The van der Waals surface area contributed by atoms with Gasteiger partial charge in [-0.05, 0) is 37.5 Å². The Balaban J connectivity index is 2.26. The average molecular weight is 219 g/mol. The van der Waals surface area contributed by atoms with Crippen LogP contribution in [0.5, 0.6) is 0 Å². The van der Waals surface area contributed by atoms with E-state index in [2.05, 4.69) is 4.90 Å². The molecule has 4 N–H and O–H groups in total. The second-order valence-corrected chi connectivity index (χ2v) is 4.20. The number of carbonyl (C=O) groups is 1. The Hall–Kier alpha value is -1.71. The van der Waals surface area contributed by atoms with Crippen molar-refractivity contribution in [1.82, 2.24) is 0 Å². The van der Waals surface area contributed by atoms with Gasteiger partial charge in [0.25, 0.3) is 0 Å². The summed E-state index contributed by atoms with van der Waals surface area (Å²) >= 11 is 0. The summed E-state index contributed by atoms with van der Waals surface area (Å²) in [5.41, 5.74) is 12.9. The summed E-state index contributed by atoms with van der Waals surface area (Å²) in [6, 6.07) is 7.42. The fraction of sp³-hybridized carbons (Fsp3) is 0.417. The summed E-state index contributed by atoms with van der Waals surface area (Å²) < 4.78 is 0. The van der Waals surface area contributed by atoms with Crippen LogP contribution in [0.3, 0.4) is 0 Å². The first-order chi connectivity index (χ1) is 7.68. The van der Waals surface area contributed by atoms with Gasteiger partial charge in [0.2, 0.25) is 5.91 Å². The average Bonchev–Trinajstić information content (AvgIpc) is 2.29. The Morgan fingerprint density at radius 2 is 2.19 bits per heavy atom. The molecule has 1 fully saturated rings. The van der Waals surface area contributed by atoms with Crippen molar-refractivity contribution in [3.63, 3.8) is 0 Å². The smallest absolute Gasteiger partial charge is 0.240 e. The van der Waals surface area contributed by atoms with Crippen LogP contribution in [-0.4, -0.2) is 18.5 Å². The van der Waals surface area contributed by atoms with Gasteiger partial charge in [0.15, 0.2) is 0 Å². The summed E-state index contributed by atoms with van der Waals surface area (Å²) in [7, 11) is 0. The molecule has 0 radical (unpaired) electrons. The molecule has 1 aromatic carbocycles. The monoisotopic (exact) mass is 219 g/mol. The van der Waals surface area contributed by atoms with E-state index in [0.717, 1.165) is 31.5 Å². The predicted molar refractivity (Wildman–Crippen MR) is 65.0 cm³/mol. The minimum atomic E-state index is -0.248. The third kappa shape index (κ3) is 2.10. The van der Waals surface area contributed by atoms with Crippen LogP contribution in [0.2, 0.25) is 0 Å². The Bertz CT molecular complexity index is 392. The molecule has 4 heteroatoms. The van der Waals surface area contributed by atoms with Gasteiger partial charge >= 0.3 is 0 Å². The van der Waals surface area contributed by atoms with Crippen LogP contribution >= 0.6 is 0 Å². The zero-order chi connectivity index (χ0) is 11.5. The fourth-order valence-electron chi connectivity index (χ4n) is 2.24. The standard InChI is InChI=1S/C12H17N3O/c13-9-4-3-5-10(8-9)15-7-2-1-6-11(15)12(14)16/h3-5,8,11H,1-2,6-7,13H2,(H2,14,16). The number of nitrogens with zero attached hydrogens (tertiary/aromatic N) is 1. The number of hydrogen-bond donors (Lipinski definition) is 2. The van der Waals surface area contributed by atoms with Crippen LogP contribution in [0, 0.1) is 0 Å². The van der Waals surface area contributed by atoms with Crippen molar-refractivity contribution in [3.05, 3.63) is 24.3 Å². The molecule has 0 aromatic heterocycles. The lowest BCUT2D eigenvalue weighted by molar-refractivity contribution is -0.119. The van der Waals surface area contributed by atoms with Crippen molar-refractivity contribution in [2.75, 3.05) is 17.2 Å². The summed E-state index contributed by atoms with van der Waals surface area (Å²) in [6.07, 6.45) is 3.00. The molecule has 4 nitrogen and oxygen atoms in total. The van der Waals surface area contributed by atoms with Crippen LogP contribution in [0.4, 0.5) is 11.4 Å². The zero-order valence-electron chi connectivity index (χ0n) is 9.23. The highest BCUT2D eigenvalue weighted by Crippen LogP contribution is 2.25. The molecule has 1 atom stereocenters. The van der Waals surface area contributed by atoms with E-state index in [0.29, 0.717) is 5.69 Å². The second kappa shape index (κ2) is 4.43. The molecular formula is C12H17N3O. The molecular weight excluding hydrogens is 202 g/mol. The highest BCUT2D eigenvalue weighted by Gasteiger charge is 2.26. The molecule has 86 valence electrons. The molecule has 1 aliphatic heterocycles. The van der Waals surface area contributed by atoms with Gasteiger partial charge in [0.05, 0.1) is 0 Å². The van der Waals surface area contributed by atoms with E-state index in [9.17, 15) is 4.79 Å². The molecule has 2 rings (SSSR count). The maximum atomic E-state index is 11.4. The topological polar surface area (TPSA) is 72.4 Å². The van der Waals surface area contributed by atoms with E-state index < -0.39 is 0 Å². The van der Waals surface area contributed by atoms with Crippen LogP contribution in [0.25, 0.3) is 0 Å². The van der Waals surface area contributed by atoms with Crippen LogP contribution < -0.4 is 16.4 Å². The molecule has 0 spiro atoms. The number of carbonyl (C=O) groups excluding carboxylic acids is 1. The third-order valence-corrected chi connectivity index (χ3v) is 3.03. The molecule has 1 amide bonds. The van der Waals surface area contributed by atoms with Crippen molar-refractivity contribution in [2.45, 2.75) is 25.3 Å². The summed E-state index contributed by atoms with van der Waals surface area (Å²) in [5, 5.41) is 0. The number of hydrogen-bond acceptors (Lipinski definition) is 3. The van der Waals surface area contributed by atoms with Gasteiger partial charge in [-0.3, -0.25) is 4.79 Å². The first-order valence-electron chi connectivity index (χ1n) is 5.60. The number of amides is 1. The maximum absolute atomic E-state index is 11.4. The van der Waals surface area contributed by atoms with Gasteiger partial charge in [-0.2, -0.15) is 0 Å². The summed E-state index contributed by atoms with van der Waals surface area (Å²) in [6.45, 7) is 0.872. The molecule has 1 saturated heterocycles. The van der Waals surface area contributed by atoms with Crippen molar-refractivity contribution in [2.24, 2.45) is 5.73 Å². The molecule has 1 heterocycles. The van der Waals surface area contributed by atoms with Crippen LogP contribution in [0.1, 0.15) is 19.3 Å². The minimum Gasteiger partial charge on any atom is -0.399 e. The molecule has 1 aliphatic rings. The van der Waals surface area contributed by atoms with Crippen molar-refractivity contribution >= 4 is 17.3 Å². The molecule has 0 aliphatic carbocycles. The van der Waals surface area contributed by atoms with Gasteiger partial charge < -0.3 is 16.4 Å². The Morgan fingerprint density at radius 3 is 2.88 bits per heavy atom. The van der Waals surface area contributed by atoms with Crippen LogP contribution in [0.15, 0.2) is 24.3 Å². The Morgan fingerprint density at radius 1 is 1.38 bits per heavy atom. The van der Waals surface area contributed by atoms with E-state index in [1.165, 1.54) is 0 Å². The highest BCUT2D eigenvalue weighted by atomic mass is 16.1. The fourth-order valence-corrected chi connectivity index (χ4v) is 2.24. The predicted octanol–water partition coefficient (Wildman–Crippen LogP) is 1.11. The van der Waals surface area contributed by atoms with Crippen molar-refractivity contribution in [1.29, 1.82) is 0 Å². The largest absolute Gasteiger partial charge is 0.399 e. The van der Waals surface area contributed by atoms with Gasteiger partial charge in [0.1, 0.15) is 6.04 Å². The van der Waals surface area contributed by atoms with Crippen molar-refractivity contribution in [3.8, 4) is 0 Å². The maximum Gasteiger partial charge on any atom is 0.240 e. The number of benzene rings is 1. The lowest BCUT2D eigenvalue weighted by atomic mass is 10.0. The zero-order valence-corrected chi connectivity index (χ0v) is 9.23. The third-order valence-electron chi connectivity index (χ3n) is 3.03. The quantitative estimate of drug-likeness (QED) is 0.732. The number of nitrogen functional groups attached to an aromatic ring is 1. The Labute approximate surface area is 95.2 Å². The molecule has 1 unspecified atom stereocenters. The lowest BCUT2D eigenvalue weighted by Gasteiger charge is -2.35. The van der Waals surface area contributed by atoms with Gasteiger partial charge in [-0.1, -0.05) is 6.07 Å². The molecule has 0 saturated carbocycles. The lowest BCUT2D eigenvalue weighted by Crippen LogP contribution is -2.47. The first kappa shape index (κ1) is 10.8. The number of nitrogens with two attached hydrogens (primary N) is 2. The van der Waals surface area contributed by atoms with E-state index in [1.807, 2.05) is 24.3 Å². The first-order valence-corrected chi connectivity index (χ1v) is 5.60. The molecule has 16 heavy (non-hydrogen) atoms. The molecule has 0 bridgehead atoms. The highest BCUT2D eigenvalue weighted by molar-refractivity contribution is 5.84. The van der Waals surface area contributed by atoms with Gasteiger partial charge in [-0.25, -0.2) is 0 Å². The minimum absolute atomic E-state index is 0.185. The van der Waals surface area contributed by atoms with Gasteiger partial charge in [0, 0.05) is 17.9 Å². The Kier molecular flexibility index (Phi) is 2.99. The van der Waals surface area contributed by atoms with E-state index in [-0.39, 0.29) is 11.9 Å². The second-order valence-electron chi connectivity index (χ2n) is 4.20. The summed E-state index contributed by atoms with van der Waals surface area (Å²) in [4.78, 5) is 13.4. The number of primary amides is 1. The normalized spacial score (nSPS) is 20.8. The van der Waals surface area contributed by atoms with Crippen molar-refractivity contribution < 1.29 is 4.79 Å². The number of piperidine rings is 1.